The number of ether oxygens (including phenoxy) is 2. The van der Waals surface area contributed by atoms with Crippen LogP contribution >= 0.6 is 15.9 Å². The lowest BCUT2D eigenvalue weighted by Crippen LogP contribution is -2.25. The van der Waals surface area contributed by atoms with E-state index in [1.165, 1.54) is 10.8 Å². The second-order valence-corrected chi connectivity index (χ2v) is 8.64. The molecule has 4 aromatic rings. The number of nitrogens with one attached hydrogen (secondary N) is 2. The number of amides is 1. The van der Waals surface area contributed by atoms with Crippen molar-refractivity contribution in [3.05, 3.63) is 101 Å². The summed E-state index contributed by atoms with van der Waals surface area (Å²) in [5, 5.41) is 9.46. The first-order chi connectivity index (χ1) is 17.1. The Labute approximate surface area is 213 Å². The van der Waals surface area contributed by atoms with Crippen LogP contribution in [0.3, 0.4) is 0 Å². The number of hydrogen-bond donors (Lipinski definition) is 2. The van der Waals surface area contributed by atoms with Gasteiger partial charge in [0.05, 0.1) is 19.4 Å². The van der Waals surface area contributed by atoms with E-state index in [1.807, 2.05) is 67.6 Å². The monoisotopic (exact) mass is 531 g/mol. The minimum atomic E-state index is -0.246. The second-order valence-electron chi connectivity index (χ2n) is 7.72. The van der Waals surface area contributed by atoms with Gasteiger partial charge in [0.1, 0.15) is 6.61 Å². The number of rotatable bonds is 10. The van der Waals surface area contributed by atoms with Gasteiger partial charge >= 0.3 is 0 Å². The third kappa shape index (κ3) is 6.83. The Balaban J connectivity index is 1.36. The predicted octanol–water partition coefficient (Wildman–Crippen LogP) is 6.14. The highest BCUT2D eigenvalue weighted by molar-refractivity contribution is 9.10. The Hall–Kier alpha value is -3.84. The molecule has 0 aliphatic carbocycles. The maximum Gasteiger partial charge on any atom is 0.259 e. The van der Waals surface area contributed by atoms with Gasteiger partial charge in [-0.1, -0.05) is 58.4 Å². The van der Waals surface area contributed by atoms with E-state index in [4.69, 9.17) is 9.47 Å². The van der Waals surface area contributed by atoms with E-state index in [1.54, 1.807) is 6.21 Å². The highest BCUT2D eigenvalue weighted by Crippen LogP contribution is 2.30. The van der Waals surface area contributed by atoms with Crippen molar-refractivity contribution in [1.29, 1.82) is 0 Å². The van der Waals surface area contributed by atoms with E-state index in [2.05, 4.69) is 56.0 Å². The third-order valence-corrected chi connectivity index (χ3v) is 5.76. The van der Waals surface area contributed by atoms with Gasteiger partial charge < -0.3 is 14.8 Å². The smallest absolute Gasteiger partial charge is 0.259 e. The zero-order valence-corrected chi connectivity index (χ0v) is 20.9. The molecule has 0 bridgehead atoms. The minimum absolute atomic E-state index is 0.115. The van der Waals surface area contributed by atoms with Crippen molar-refractivity contribution in [1.82, 2.24) is 5.43 Å². The van der Waals surface area contributed by atoms with Crippen molar-refractivity contribution in [3.8, 4) is 11.5 Å². The Kier molecular flexibility index (Phi) is 8.35. The van der Waals surface area contributed by atoms with Gasteiger partial charge in [-0.2, -0.15) is 5.10 Å². The molecule has 0 atom stereocenters. The van der Waals surface area contributed by atoms with Crippen LogP contribution in [0.15, 0.2) is 94.5 Å². The molecule has 2 N–H and O–H groups in total. The van der Waals surface area contributed by atoms with Gasteiger partial charge in [-0.15, -0.1) is 0 Å². The third-order valence-electron chi connectivity index (χ3n) is 5.23. The van der Waals surface area contributed by atoms with E-state index < -0.39 is 0 Å². The van der Waals surface area contributed by atoms with Gasteiger partial charge in [0.25, 0.3) is 5.91 Å². The van der Waals surface area contributed by atoms with E-state index in [0.717, 1.165) is 21.3 Å². The average Bonchev–Trinajstić information content (AvgIpc) is 2.88. The summed E-state index contributed by atoms with van der Waals surface area (Å²) in [5.74, 6) is 1.03. The number of anilines is 1. The van der Waals surface area contributed by atoms with Crippen LogP contribution < -0.4 is 20.2 Å². The number of nitrogens with zero attached hydrogens (tertiary/aromatic N) is 1. The molecule has 0 heterocycles. The van der Waals surface area contributed by atoms with Crippen molar-refractivity contribution < 1.29 is 14.3 Å². The number of carbonyl (C=O) groups excluding carboxylic acids is 1. The number of hydrazone groups is 1. The Bertz CT molecular complexity index is 1320. The lowest BCUT2D eigenvalue weighted by Gasteiger charge is -2.13. The van der Waals surface area contributed by atoms with E-state index in [0.29, 0.717) is 24.7 Å². The fraction of sp³-hybridized carbons (Fsp3) is 0.143. The first-order valence-electron chi connectivity index (χ1n) is 11.3. The van der Waals surface area contributed by atoms with Crippen LogP contribution in [0.25, 0.3) is 10.8 Å². The maximum atomic E-state index is 12.1. The maximum absolute atomic E-state index is 12.1. The molecule has 0 saturated carbocycles. The molecule has 7 heteroatoms. The van der Waals surface area contributed by atoms with Crippen molar-refractivity contribution in [2.45, 2.75) is 13.5 Å². The zero-order chi connectivity index (χ0) is 24.5. The molecule has 0 spiro atoms. The Morgan fingerprint density at radius 3 is 2.57 bits per heavy atom. The van der Waals surface area contributed by atoms with Gasteiger partial charge in [-0.3, -0.25) is 4.79 Å². The minimum Gasteiger partial charge on any atom is -0.490 e. The quantitative estimate of drug-likeness (QED) is 0.190. The van der Waals surface area contributed by atoms with Crippen LogP contribution in [0.5, 0.6) is 11.5 Å². The molecular weight excluding hydrogens is 506 g/mol. The topological polar surface area (TPSA) is 72.0 Å². The molecule has 6 nitrogen and oxygen atoms in total. The van der Waals surface area contributed by atoms with Crippen LogP contribution in [0.2, 0.25) is 0 Å². The first kappa shape index (κ1) is 24.3. The number of benzene rings is 4. The van der Waals surface area contributed by atoms with Crippen molar-refractivity contribution >= 4 is 44.5 Å². The zero-order valence-electron chi connectivity index (χ0n) is 19.3. The summed E-state index contributed by atoms with van der Waals surface area (Å²) in [6.07, 6.45) is 1.58. The van der Waals surface area contributed by atoms with Crippen LogP contribution in [0.4, 0.5) is 5.69 Å². The molecule has 0 saturated heterocycles. The Morgan fingerprint density at radius 1 is 0.943 bits per heavy atom. The molecule has 0 aliphatic rings. The lowest BCUT2D eigenvalue weighted by atomic mass is 10.1. The van der Waals surface area contributed by atoms with Crippen LogP contribution in [-0.2, 0) is 11.4 Å². The standard InChI is InChI=1S/C28H26BrN3O3/c1-2-34-27-16-20(17-31-32-28(33)18-30-24-13-11-23(29)12-14-24)10-15-26(27)35-19-22-8-5-7-21-6-3-4-9-25(21)22/h3-17,30H,2,18-19H2,1H3,(H,32,33)/b31-17-. The van der Waals surface area contributed by atoms with Crippen molar-refractivity contribution in [2.24, 2.45) is 5.10 Å². The summed E-state index contributed by atoms with van der Waals surface area (Å²) < 4.78 is 12.9. The van der Waals surface area contributed by atoms with Gasteiger partial charge in [0.15, 0.2) is 11.5 Å². The van der Waals surface area contributed by atoms with E-state index >= 15 is 0 Å². The highest BCUT2D eigenvalue weighted by Gasteiger charge is 2.08. The molecular formula is C28H26BrN3O3. The van der Waals surface area contributed by atoms with Gasteiger partial charge in [-0.25, -0.2) is 5.43 Å². The average molecular weight is 532 g/mol. The van der Waals surface area contributed by atoms with Crippen molar-refractivity contribution in [2.75, 3.05) is 18.5 Å². The molecule has 0 aliphatic heterocycles. The fourth-order valence-electron chi connectivity index (χ4n) is 3.53. The van der Waals surface area contributed by atoms with Gasteiger partial charge in [-0.05, 0) is 71.3 Å². The van der Waals surface area contributed by atoms with Crippen LogP contribution in [0.1, 0.15) is 18.1 Å². The molecule has 1 amide bonds. The molecule has 0 radical (unpaired) electrons. The van der Waals surface area contributed by atoms with Gasteiger partial charge in [0, 0.05) is 10.2 Å². The van der Waals surface area contributed by atoms with Gasteiger partial charge in [0.2, 0.25) is 0 Å². The summed E-state index contributed by atoms with van der Waals surface area (Å²) in [4.78, 5) is 12.1. The lowest BCUT2D eigenvalue weighted by molar-refractivity contribution is -0.119. The normalized spacial score (nSPS) is 10.9. The van der Waals surface area contributed by atoms with Crippen LogP contribution in [-0.4, -0.2) is 25.3 Å². The first-order valence-corrected chi connectivity index (χ1v) is 12.1. The fourth-order valence-corrected chi connectivity index (χ4v) is 3.80. The Morgan fingerprint density at radius 2 is 1.74 bits per heavy atom. The highest BCUT2D eigenvalue weighted by atomic mass is 79.9. The molecule has 0 unspecified atom stereocenters. The molecule has 0 fully saturated rings. The summed E-state index contributed by atoms with van der Waals surface area (Å²) >= 11 is 3.39. The summed E-state index contributed by atoms with van der Waals surface area (Å²) in [7, 11) is 0. The number of carbonyl (C=O) groups is 1. The summed E-state index contributed by atoms with van der Waals surface area (Å²) in [6, 6.07) is 27.6. The molecule has 0 aromatic heterocycles. The number of halogens is 1. The molecule has 35 heavy (non-hydrogen) atoms. The summed E-state index contributed by atoms with van der Waals surface area (Å²) in [5.41, 5.74) is 5.28. The molecule has 4 rings (SSSR count). The predicted molar refractivity (Wildman–Crippen MR) is 144 cm³/mol. The molecule has 4 aromatic carbocycles. The SMILES string of the molecule is CCOc1cc(/C=N\NC(=O)CNc2ccc(Br)cc2)ccc1OCc1cccc2ccccc12. The second kappa shape index (κ2) is 12.0. The van der Waals surface area contributed by atoms with Crippen molar-refractivity contribution in [3.63, 3.8) is 0 Å². The van der Waals surface area contributed by atoms with Crippen LogP contribution in [0, 0.1) is 0 Å². The van der Waals surface area contributed by atoms with E-state index in [9.17, 15) is 4.79 Å². The van der Waals surface area contributed by atoms with E-state index in [-0.39, 0.29) is 12.5 Å². The largest absolute Gasteiger partial charge is 0.490 e. The number of hydrogen-bond acceptors (Lipinski definition) is 5. The summed E-state index contributed by atoms with van der Waals surface area (Å²) in [6.45, 7) is 2.97. The molecule has 178 valence electrons. The number of fused-ring (bicyclic) bond motifs is 1.